The van der Waals surface area contributed by atoms with E-state index in [1.54, 1.807) is 0 Å². The van der Waals surface area contributed by atoms with Crippen LogP contribution in [-0.4, -0.2) is 30.1 Å². The Morgan fingerprint density at radius 1 is 1.29 bits per heavy atom. The fraction of sp³-hybridized carbons (Fsp3) is 0.636. The van der Waals surface area contributed by atoms with Crippen LogP contribution in [0, 0.1) is 0 Å². The minimum Gasteiger partial charge on any atom is -0.461 e. The molecule has 0 rings (SSSR count). The molecule has 0 N–H and O–H groups in total. The van der Waals surface area contributed by atoms with Gasteiger partial charge in [-0.15, -0.1) is 0 Å². The highest BCUT2D eigenvalue weighted by atomic mass is 19.3. The van der Waals surface area contributed by atoms with Gasteiger partial charge in [0, 0.05) is 5.57 Å². The molecule has 0 aliphatic heterocycles. The Hall–Kier alpha value is -1.46. The third-order valence-corrected chi connectivity index (χ3v) is 1.98. The molecule has 4 nitrogen and oxygen atoms in total. The van der Waals surface area contributed by atoms with Crippen molar-refractivity contribution < 1.29 is 27.8 Å². The van der Waals surface area contributed by atoms with Crippen molar-refractivity contribution in [2.45, 2.75) is 39.2 Å². The molecule has 17 heavy (non-hydrogen) atoms. The lowest BCUT2D eigenvalue weighted by Gasteiger charge is -2.31. The van der Waals surface area contributed by atoms with Crippen molar-refractivity contribution in [3.05, 3.63) is 12.2 Å². The minimum absolute atomic E-state index is 0.0299. The van der Waals surface area contributed by atoms with Gasteiger partial charge in [-0.25, -0.2) is 9.59 Å². The highest BCUT2D eigenvalue weighted by molar-refractivity contribution is 5.88. The molecule has 6 heteroatoms. The van der Waals surface area contributed by atoms with Gasteiger partial charge < -0.3 is 9.47 Å². The molecule has 98 valence electrons. The van der Waals surface area contributed by atoms with Crippen LogP contribution in [0.25, 0.3) is 0 Å². The average molecular weight is 250 g/mol. The van der Waals surface area contributed by atoms with E-state index in [-0.39, 0.29) is 12.2 Å². The van der Waals surface area contributed by atoms with Crippen molar-refractivity contribution in [2.24, 2.45) is 0 Å². The van der Waals surface area contributed by atoms with Gasteiger partial charge in [-0.05, 0) is 27.7 Å². The zero-order chi connectivity index (χ0) is 13.9. The maximum absolute atomic E-state index is 13.6. The molecule has 0 bridgehead atoms. The number of halogens is 2. The highest BCUT2D eigenvalue weighted by Crippen LogP contribution is 2.33. The maximum Gasteiger partial charge on any atom is 0.381 e. The summed E-state index contributed by atoms with van der Waals surface area (Å²) >= 11 is 0. The maximum atomic E-state index is 13.6. The highest BCUT2D eigenvalue weighted by Gasteiger charge is 2.57. The third kappa shape index (κ3) is 3.51. The number of carbonyl (C=O) groups is 2. The van der Waals surface area contributed by atoms with E-state index in [2.05, 4.69) is 16.1 Å². The van der Waals surface area contributed by atoms with Crippen LogP contribution < -0.4 is 0 Å². The standard InChI is InChI=1S/C11H16F2O4/c1-6-16-9(15)11(12,13)10(4,5)17-8(14)7(2)3/h2,6H2,1,3-5H3. The van der Waals surface area contributed by atoms with Crippen molar-refractivity contribution in [2.75, 3.05) is 6.61 Å². The van der Waals surface area contributed by atoms with Gasteiger partial charge in [-0.1, -0.05) is 6.58 Å². The van der Waals surface area contributed by atoms with E-state index in [9.17, 15) is 18.4 Å². The normalized spacial score (nSPS) is 11.9. The summed E-state index contributed by atoms with van der Waals surface area (Å²) in [6.45, 7) is 7.68. The van der Waals surface area contributed by atoms with Crippen LogP contribution in [0.5, 0.6) is 0 Å². The molecule has 0 aliphatic rings. The van der Waals surface area contributed by atoms with Gasteiger partial charge in [0.15, 0.2) is 5.60 Å². The molecule has 0 aliphatic carbocycles. The summed E-state index contributed by atoms with van der Waals surface area (Å²) in [5.74, 6) is -6.63. The van der Waals surface area contributed by atoms with Gasteiger partial charge in [0.1, 0.15) is 0 Å². The molecule has 0 atom stereocenters. The van der Waals surface area contributed by atoms with Crippen molar-refractivity contribution in [3.63, 3.8) is 0 Å². The molecule has 0 aromatic rings. The first-order valence-corrected chi connectivity index (χ1v) is 5.00. The average Bonchev–Trinajstić information content (AvgIpc) is 2.16. The second kappa shape index (κ2) is 5.25. The smallest absolute Gasteiger partial charge is 0.381 e. The SMILES string of the molecule is C=C(C)C(=O)OC(C)(C)C(F)(F)C(=O)OCC. The first-order chi connectivity index (χ1) is 7.56. The number of esters is 2. The zero-order valence-electron chi connectivity index (χ0n) is 10.3. The Kier molecular flexibility index (Phi) is 4.80. The van der Waals surface area contributed by atoms with Crippen LogP contribution >= 0.6 is 0 Å². The summed E-state index contributed by atoms with van der Waals surface area (Å²) in [4.78, 5) is 22.3. The summed E-state index contributed by atoms with van der Waals surface area (Å²) in [6.07, 6.45) is 0. The van der Waals surface area contributed by atoms with E-state index >= 15 is 0 Å². The fourth-order valence-electron chi connectivity index (χ4n) is 0.850. The number of hydrogen-bond acceptors (Lipinski definition) is 4. The van der Waals surface area contributed by atoms with Crippen LogP contribution in [0.4, 0.5) is 8.78 Å². The zero-order valence-corrected chi connectivity index (χ0v) is 10.3. The van der Waals surface area contributed by atoms with Crippen molar-refractivity contribution in [1.29, 1.82) is 0 Å². The Labute approximate surface area is 98.6 Å². The number of rotatable bonds is 5. The fourth-order valence-corrected chi connectivity index (χ4v) is 0.850. The van der Waals surface area contributed by atoms with Crippen LogP contribution in [-0.2, 0) is 19.1 Å². The minimum atomic E-state index is -3.92. The third-order valence-electron chi connectivity index (χ3n) is 1.98. The predicted octanol–water partition coefficient (Wildman–Crippen LogP) is 2.08. The first kappa shape index (κ1) is 15.5. The van der Waals surface area contributed by atoms with Crippen LogP contribution in [0.15, 0.2) is 12.2 Å². The van der Waals surface area contributed by atoms with Gasteiger partial charge in [0.05, 0.1) is 6.61 Å². The van der Waals surface area contributed by atoms with E-state index in [0.717, 1.165) is 13.8 Å². The molecule has 0 saturated carbocycles. The summed E-state index contributed by atoms with van der Waals surface area (Å²) < 4.78 is 36.0. The predicted molar refractivity (Wildman–Crippen MR) is 56.6 cm³/mol. The van der Waals surface area contributed by atoms with Gasteiger partial charge in [-0.3, -0.25) is 0 Å². The second-order valence-electron chi connectivity index (χ2n) is 3.98. The Bertz CT molecular complexity index is 334. The van der Waals surface area contributed by atoms with Gasteiger partial charge in [0.25, 0.3) is 0 Å². The molecule has 0 unspecified atom stereocenters. The molecule has 0 fully saturated rings. The monoisotopic (exact) mass is 250 g/mol. The first-order valence-electron chi connectivity index (χ1n) is 5.00. The number of alkyl halides is 2. The van der Waals surface area contributed by atoms with Crippen LogP contribution in [0.2, 0.25) is 0 Å². The van der Waals surface area contributed by atoms with E-state index in [1.807, 2.05) is 0 Å². The molecular weight excluding hydrogens is 234 g/mol. The molecule has 0 heterocycles. The van der Waals surface area contributed by atoms with E-state index < -0.39 is 23.5 Å². The number of ether oxygens (including phenoxy) is 2. The van der Waals surface area contributed by atoms with Crippen molar-refractivity contribution in [3.8, 4) is 0 Å². The molecule has 0 radical (unpaired) electrons. The Morgan fingerprint density at radius 2 is 1.76 bits per heavy atom. The van der Waals surface area contributed by atoms with E-state index in [1.165, 1.54) is 13.8 Å². The molecule has 0 saturated heterocycles. The summed E-state index contributed by atoms with van der Waals surface area (Å²) in [5.41, 5.74) is -2.33. The van der Waals surface area contributed by atoms with Crippen LogP contribution in [0.1, 0.15) is 27.7 Å². The lowest BCUT2D eigenvalue weighted by atomic mass is 10.0. The Morgan fingerprint density at radius 3 is 2.12 bits per heavy atom. The number of carbonyl (C=O) groups excluding carboxylic acids is 2. The Balaban J connectivity index is 4.96. The van der Waals surface area contributed by atoms with Gasteiger partial charge in [-0.2, -0.15) is 8.78 Å². The summed E-state index contributed by atoms with van der Waals surface area (Å²) in [7, 11) is 0. The quantitative estimate of drug-likeness (QED) is 0.553. The van der Waals surface area contributed by atoms with Gasteiger partial charge in [0.2, 0.25) is 0 Å². The molecular formula is C11H16F2O4. The molecule has 0 spiro atoms. The second-order valence-corrected chi connectivity index (χ2v) is 3.98. The largest absolute Gasteiger partial charge is 0.461 e. The summed E-state index contributed by atoms with van der Waals surface area (Å²) in [6, 6.07) is 0. The molecule has 0 amide bonds. The summed E-state index contributed by atoms with van der Waals surface area (Å²) in [5, 5.41) is 0. The number of hydrogen-bond donors (Lipinski definition) is 0. The van der Waals surface area contributed by atoms with Crippen molar-refractivity contribution >= 4 is 11.9 Å². The lowest BCUT2D eigenvalue weighted by molar-refractivity contribution is -0.215. The topological polar surface area (TPSA) is 52.6 Å². The lowest BCUT2D eigenvalue weighted by Crippen LogP contribution is -2.52. The molecule has 0 aromatic heterocycles. The molecule has 0 aromatic carbocycles. The van der Waals surface area contributed by atoms with Crippen molar-refractivity contribution in [1.82, 2.24) is 0 Å². The van der Waals surface area contributed by atoms with E-state index in [4.69, 9.17) is 0 Å². The van der Waals surface area contributed by atoms with E-state index in [0.29, 0.717) is 0 Å². The van der Waals surface area contributed by atoms with Gasteiger partial charge >= 0.3 is 17.9 Å². The van der Waals surface area contributed by atoms with Crippen LogP contribution in [0.3, 0.4) is 0 Å².